The van der Waals surface area contributed by atoms with E-state index in [2.05, 4.69) is 10.6 Å². The molecule has 0 aromatic heterocycles. The fourth-order valence-electron chi connectivity index (χ4n) is 1.95. The third kappa shape index (κ3) is 5.20. The zero-order chi connectivity index (χ0) is 16.8. The van der Waals surface area contributed by atoms with Crippen molar-refractivity contribution in [2.24, 2.45) is 0 Å². The number of halogens is 3. The summed E-state index contributed by atoms with van der Waals surface area (Å²) in [6.07, 6.45) is 0.604. The van der Waals surface area contributed by atoms with E-state index in [-0.39, 0.29) is 6.03 Å². The number of carbonyl (C=O) groups is 1. The van der Waals surface area contributed by atoms with Gasteiger partial charge in [-0.05, 0) is 42.3 Å². The molecule has 122 valence electrons. The quantitative estimate of drug-likeness (QED) is 0.773. The molecule has 23 heavy (non-hydrogen) atoms. The molecule has 2 rings (SSSR count). The van der Waals surface area contributed by atoms with Crippen LogP contribution in [0.25, 0.3) is 0 Å². The highest BCUT2D eigenvalue weighted by Crippen LogP contribution is 2.27. The van der Waals surface area contributed by atoms with Gasteiger partial charge in [-0.25, -0.2) is 4.79 Å². The fourth-order valence-corrected chi connectivity index (χ4v) is 2.72. The molecule has 2 N–H and O–H groups in total. The summed E-state index contributed by atoms with van der Waals surface area (Å²) in [6.45, 7) is 0.442. The molecule has 4 nitrogen and oxygen atoms in total. The molecule has 0 unspecified atom stereocenters. The summed E-state index contributed by atoms with van der Waals surface area (Å²) in [5.74, 6) is 0.551. The molecule has 0 spiro atoms. The molecule has 0 radical (unpaired) electrons. The average molecular weight is 374 g/mol. The van der Waals surface area contributed by atoms with Gasteiger partial charge in [-0.1, -0.05) is 40.9 Å². The molecule has 2 aromatic rings. The summed E-state index contributed by atoms with van der Waals surface area (Å²) in [6, 6.07) is 9.98. The second-order valence-corrected chi connectivity index (χ2v) is 5.97. The van der Waals surface area contributed by atoms with Crippen LogP contribution in [0.4, 0.5) is 10.5 Å². The van der Waals surface area contributed by atoms with E-state index in [0.717, 1.165) is 5.56 Å². The largest absolute Gasteiger partial charge is 0.495 e. The van der Waals surface area contributed by atoms with Crippen molar-refractivity contribution in [1.29, 1.82) is 0 Å². The van der Waals surface area contributed by atoms with Gasteiger partial charge < -0.3 is 15.4 Å². The van der Waals surface area contributed by atoms with Crippen LogP contribution in [0.5, 0.6) is 5.75 Å². The molecular formula is C16H15Cl3N2O2. The minimum absolute atomic E-state index is 0.323. The standard InChI is InChI=1S/C16H15Cl3N2O2/c1-23-15-5-4-12(9-14(15)19)21-16(22)20-7-6-10-2-3-11(17)8-13(10)18/h2-5,8-9H,6-7H2,1H3,(H2,20,21,22). The van der Waals surface area contributed by atoms with Gasteiger partial charge in [-0.3, -0.25) is 0 Å². The van der Waals surface area contributed by atoms with Crippen LogP contribution in [0.2, 0.25) is 15.1 Å². The van der Waals surface area contributed by atoms with Crippen LogP contribution in [0.1, 0.15) is 5.56 Å². The first-order valence-corrected chi connectivity index (χ1v) is 7.95. The maximum Gasteiger partial charge on any atom is 0.319 e. The van der Waals surface area contributed by atoms with Crippen LogP contribution in [0.3, 0.4) is 0 Å². The Morgan fingerprint density at radius 1 is 1.09 bits per heavy atom. The lowest BCUT2D eigenvalue weighted by atomic mass is 10.1. The van der Waals surface area contributed by atoms with Gasteiger partial charge in [0.15, 0.2) is 0 Å². The van der Waals surface area contributed by atoms with Crippen molar-refractivity contribution < 1.29 is 9.53 Å². The molecule has 0 saturated carbocycles. The van der Waals surface area contributed by atoms with E-state index in [9.17, 15) is 4.79 Å². The Labute approximate surface area is 149 Å². The van der Waals surface area contributed by atoms with Crippen molar-refractivity contribution in [2.75, 3.05) is 19.0 Å². The molecule has 0 heterocycles. The number of amides is 2. The Hall–Kier alpha value is -1.62. The predicted octanol–water partition coefficient (Wildman–Crippen LogP) is 5.02. The average Bonchev–Trinajstić information content (AvgIpc) is 2.49. The van der Waals surface area contributed by atoms with E-state index in [1.807, 2.05) is 6.07 Å². The fraction of sp³-hybridized carbons (Fsp3) is 0.188. The molecule has 7 heteroatoms. The van der Waals surface area contributed by atoms with Gasteiger partial charge in [0.2, 0.25) is 0 Å². The number of nitrogens with one attached hydrogen (secondary N) is 2. The summed E-state index contributed by atoms with van der Waals surface area (Å²) < 4.78 is 5.06. The lowest BCUT2D eigenvalue weighted by Crippen LogP contribution is -2.30. The number of urea groups is 1. The van der Waals surface area contributed by atoms with Gasteiger partial charge in [0.1, 0.15) is 5.75 Å². The predicted molar refractivity (Wildman–Crippen MR) is 95.2 cm³/mol. The van der Waals surface area contributed by atoms with Crippen molar-refractivity contribution in [3.8, 4) is 5.75 Å². The Morgan fingerprint density at radius 3 is 2.52 bits per heavy atom. The zero-order valence-corrected chi connectivity index (χ0v) is 14.6. The first-order valence-electron chi connectivity index (χ1n) is 6.82. The van der Waals surface area contributed by atoms with Crippen LogP contribution in [-0.4, -0.2) is 19.7 Å². The Morgan fingerprint density at radius 2 is 1.87 bits per heavy atom. The maximum atomic E-state index is 11.9. The summed E-state index contributed by atoms with van der Waals surface area (Å²) in [4.78, 5) is 11.9. The van der Waals surface area contributed by atoms with Crippen LogP contribution in [0.15, 0.2) is 36.4 Å². The number of hydrogen-bond donors (Lipinski definition) is 2. The highest BCUT2D eigenvalue weighted by atomic mass is 35.5. The highest BCUT2D eigenvalue weighted by molar-refractivity contribution is 6.35. The number of rotatable bonds is 5. The van der Waals surface area contributed by atoms with E-state index < -0.39 is 0 Å². The number of benzene rings is 2. The molecule has 0 aliphatic rings. The normalized spacial score (nSPS) is 10.3. The number of methoxy groups -OCH3 is 1. The minimum atomic E-state index is -0.323. The monoisotopic (exact) mass is 372 g/mol. The maximum absolute atomic E-state index is 11.9. The molecule has 0 bridgehead atoms. The molecule has 0 fully saturated rings. The summed E-state index contributed by atoms with van der Waals surface area (Å²) in [7, 11) is 1.53. The van der Waals surface area contributed by atoms with Gasteiger partial charge in [0.25, 0.3) is 0 Å². The van der Waals surface area contributed by atoms with Crippen LogP contribution in [-0.2, 0) is 6.42 Å². The first kappa shape index (κ1) is 17.7. The van der Waals surface area contributed by atoms with Crippen molar-refractivity contribution in [2.45, 2.75) is 6.42 Å². The van der Waals surface area contributed by atoms with Crippen LogP contribution >= 0.6 is 34.8 Å². The number of hydrogen-bond acceptors (Lipinski definition) is 2. The smallest absolute Gasteiger partial charge is 0.319 e. The third-order valence-corrected chi connectivity index (χ3v) is 3.99. The second kappa shape index (κ2) is 8.29. The van der Waals surface area contributed by atoms with E-state index in [0.29, 0.717) is 39.5 Å². The number of carbonyl (C=O) groups excluding carboxylic acids is 1. The van der Waals surface area contributed by atoms with E-state index in [1.165, 1.54) is 7.11 Å². The van der Waals surface area contributed by atoms with Crippen molar-refractivity contribution in [3.05, 3.63) is 57.0 Å². The summed E-state index contributed by atoms with van der Waals surface area (Å²) >= 11 is 17.9. The van der Waals surface area contributed by atoms with Gasteiger partial charge in [-0.2, -0.15) is 0 Å². The summed E-state index contributed by atoms with van der Waals surface area (Å²) in [5, 5.41) is 7.05. The number of anilines is 1. The van der Waals surface area contributed by atoms with Gasteiger partial charge in [0, 0.05) is 22.3 Å². The molecule has 0 saturated heterocycles. The van der Waals surface area contributed by atoms with Crippen molar-refractivity contribution in [3.63, 3.8) is 0 Å². The summed E-state index contributed by atoms with van der Waals surface area (Å²) in [5.41, 5.74) is 1.50. The van der Waals surface area contributed by atoms with Gasteiger partial charge in [0.05, 0.1) is 12.1 Å². The molecular weight excluding hydrogens is 359 g/mol. The Balaban J connectivity index is 1.84. The van der Waals surface area contributed by atoms with E-state index in [4.69, 9.17) is 39.5 Å². The molecule has 0 aliphatic heterocycles. The van der Waals surface area contributed by atoms with Crippen LogP contribution < -0.4 is 15.4 Å². The Kier molecular flexibility index (Phi) is 6.39. The SMILES string of the molecule is COc1ccc(NC(=O)NCCc2ccc(Cl)cc2Cl)cc1Cl. The first-order chi connectivity index (χ1) is 11.0. The third-order valence-electron chi connectivity index (χ3n) is 3.10. The van der Waals surface area contributed by atoms with E-state index in [1.54, 1.807) is 30.3 Å². The van der Waals surface area contributed by atoms with Gasteiger partial charge in [-0.15, -0.1) is 0 Å². The molecule has 2 aromatic carbocycles. The van der Waals surface area contributed by atoms with Crippen LogP contribution in [0, 0.1) is 0 Å². The zero-order valence-electron chi connectivity index (χ0n) is 12.3. The topological polar surface area (TPSA) is 50.4 Å². The second-order valence-electron chi connectivity index (χ2n) is 4.72. The van der Waals surface area contributed by atoms with Crippen molar-refractivity contribution in [1.82, 2.24) is 5.32 Å². The van der Waals surface area contributed by atoms with Gasteiger partial charge >= 0.3 is 6.03 Å². The van der Waals surface area contributed by atoms with E-state index >= 15 is 0 Å². The number of ether oxygens (including phenoxy) is 1. The lowest BCUT2D eigenvalue weighted by molar-refractivity contribution is 0.252. The Bertz CT molecular complexity index is 708. The highest BCUT2D eigenvalue weighted by Gasteiger charge is 2.06. The minimum Gasteiger partial charge on any atom is -0.495 e. The van der Waals surface area contributed by atoms with Crippen molar-refractivity contribution >= 4 is 46.5 Å². The molecule has 2 amide bonds. The lowest BCUT2D eigenvalue weighted by Gasteiger charge is -2.10. The molecule has 0 aliphatic carbocycles. The molecule has 0 atom stereocenters.